The molecule has 0 bridgehead atoms. The van der Waals surface area contributed by atoms with Gasteiger partial charge in [-0.05, 0) is 51.4 Å². The second-order valence-electron chi connectivity index (χ2n) is 14.9. The van der Waals surface area contributed by atoms with E-state index in [-0.39, 0.29) is 0 Å². The van der Waals surface area contributed by atoms with Crippen molar-refractivity contribution in [2.75, 3.05) is 0 Å². The van der Waals surface area contributed by atoms with Gasteiger partial charge in [-0.1, -0.05) is 162 Å². The molecule has 0 rings (SSSR count). The fourth-order valence-electron chi connectivity index (χ4n) is 6.95. The first-order valence-corrected chi connectivity index (χ1v) is 20.6. The molecule has 0 aromatic carbocycles. The van der Waals surface area contributed by atoms with Gasteiger partial charge in [0, 0.05) is 0 Å². The standard InChI is InChI=1S/C41H77FO7/c1-4-7-10-13-16-17-18-19-20-24-29-36(42)30-25-23-28-33-40(31-26-21-14-11-8-5-2,32-27-22-15-12-9-6-3)49-38(45)35-41(48,39(46)47)34-37(43)44/h36,48H,4-35H2,1-3H3,(H,43,44)(H,46,47). The molecular weight excluding hydrogens is 623 g/mol. The molecule has 0 aliphatic carbocycles. The van der Waals surface area contributed by atoms with Gasteiger partial charge in [0.1, 0.15) is 11.8 Å². The van der Waals surface area contributed by atoms with Crippen LogP contribution in [0.1, 0.15) is 226 Å². The molecule has 0 amide bonds. The molecule has 0 aromatic heterocycles. The average molecular weight is 701 g/mol. The lowest BCUT2D eigenvalue weighted by Gasteiger charge is -2.35. The van der Waals surface area contributed by atoms with E-state index in [4.69, 9.17) is 4.74 Å². The Morgan fingerprint density at radius 2 is 0.857 bits per heavy atom. The van der Waals surface area contributed by atoms with E-state index < -0.39 is 48.1 Å². The van der Waals surface area contributed by atoms with Gasteiger partial charge < -0.3 is 20.1 Å². The van der Waals surface area contributed by atoms with E-state index in [0.29, 0.717) is 32.1 Å². The van der Waals surface area contributed by atoms with Crippen LogP contribution in [-0.2, 0) is 19.1 Å². The zero-order valence-electron chi connectivity index (χ0n) is 32.1. The summed E-state index contributed by atoms with van der Waals surface area (Å²) in [5, 5.41) is 29.3. The van der Waals surface area contributed by atoms with Crippen molar-refractivity contribution in [3.05, 3.63) is 0 Å². The lowest BCUT2D eigenvalue weighted by molar-refractivity contribution is -0.179. The van der Waals surface area contributed by atoms with E-state index in [0.717, 1.165) is 96.3 Å². The molecule has 2 atom stereocenters. The highest BCUT2D eigenvalue weighted by molar-refractivity contribution is 5.88. The first-order valence-electron chi connectivity index (χ1n) is 20.6. The summed E-state index contributed by atoms with van der Waals surface area (Å²) in [5.41, 5.74) is -3.53. The third-order valence-corrected chi connectivity index (χ3v) is 10.1. The number of unbranched alkanes of at least 4 members (excludes halogenated alkanes) is 21. The second-order valence-corrected chi connectivity index (χ2v) is 14.9. The van der Waals surface area contributed by atoms with Gasteiger partial charge in [0.15, 0.2) is 5.60 Å². The van der Waals surface area contributed by atoms with Gasteiger partial charge in [0.05, 0.1) is 12.8 Å². The summed E-state index contributed by atoms with van der Waals surface area (Å²) in [7, 11) is 0. The van der Waals surface area contributed by atoms with Crippen LogP contribution in [0.3, 0.4) is 0 Å². The zero-order chi connectivity index (χ0) is 36.6. The predicted molar refractivity (Wildman–Crippen MR) is 199 cm³/mol. The number of aliphatic hydroxyl groups is 1. The van der Waals surface area contributed by atoms with Crippen LogP contribution in [0.2, 0.25) is 0 Å². The molecule has 0 saturated heterocycles. The van der Waals surface area contributed by atoms with Crippen LogP contribution in [0.5, 0.6) is 0 Å². The lowest BCUT2D eigenvalue weighted by Crippen LogP contribution is -2.45. The molecule has 0 fully saturated rings. The molecule has 0 radical (unpaired) electrons. The first-order chi connectivity index (χ1) is 23.5. The number of carbonyl (C=O) groups is 3. The third-order valence-electron chi connectivity index (χ3n) is 10.1. The van der Waals surface area contributed by atoms with E-state index in [1.807, 2.05) is 0 Å². The first kappa shape index (κ1) is 47.3. The van der Waals surface area contributed by atoms with E-state index >= 15 is 0 Å². The molecule has 7 nitrogen and oxygen atoms in total. The minimum atomic E-state index is -2.72. The van der Waals surface area contributed by atoms with Crippen LogP contribution >= 0.6 is 0 Å². The maximum absolute atomic E-state index is 14.7. The van der Waals surface area contributed by atoms with Gasteiger partial charge in [0.2, 0.25) is 0 Å². The molecule has 2 unspecified atom stereocenters. The molecule has 49 heavy (non-hydrogen) atoms. The number of alkyl halides is 1. The summed E-state index contributed by atoms with van der Waals surface area (Å²) < 4.78 is 20.8. The van der Waals surface area contributed by atoms with E-state index in [9.17, 15) is 34.1 Å². The van der Waals surface area contributed by atoms with Crippen LogP contribution in [0.15, 0.2) is 0 Å². The van der Waals surface area contributed by atoms with Crippen LogP contribution in [0.4, 0.5) is 4.39 Å². The number of aliphatic carboxylic acids is 2. The number of carboxylic acid groups (broad SMARTS) is 2. The van der Waals surface area contributed by atoms with Crippen LogP contribution in [0.25, 0.3) is 0 Å². The Kier molecular flexibility index (Phi) is 30.0. The minimum Gasteiger partial charge on any atom is -0.481 e. The van der Waals surface area contributed by atoms with Crippen molar-refractivity contribution < 1.29 is 38.8 Å². The Morgan fingerprint density at radius 1 is 0.531 bits per heavy atom. The van der Waals surface area contributed by atoms with Crippen molar-refractivity contribution >= 4 is 17.9 Å². The topological polar surface area (TPSA) is 121 Å². The molecular formula is C41H77FO7. The molecule has 0 saturated carbocycles. The molecule has 0 aliphatic heterocycles. The molecule has 3 N–H and O–H groups in total. The highest BCUT2D eigenvalue weighted by atomic mass is 19.1. The van der Waals surface area contributed by atoms with E-state index in [2.05, 4.69) is 20.8 Å². The molecule has 0 heterocycles. The van der Waals surface area contributed by atoms with Gasteiger partial charge in [0.25, 0.3) is 0 Å². The number of hydrogen-bond donors (Lipinski definition) is 3. The Bertz CT molecular complexity index is 804. The van der Waals surface area contributed by atoms with Gasteiger partial charge in [-0.3, -0.25) is 9.59 Å². The number of esters is 1. The number of hydrogen-bond acceptors (Lipinski definition) is 5. The van der Waals surface area contributed by atoms with Crippen LogP contribution in [0, 0.1) is 0 Å². The summed E-state index contributed by atoms with van der Waals surface area (Å²) in [6, 6.07) is 0. The average Bonchev–Trinajstić information content (AvgIpc) is 3.04. The summed E-state index contributed by atoms with van der Waals surface area (Å²) in [6.45, 7) is 6.59. The van der Waals surface area contributed by atoms with Crippen molar-refractivity contribution in [2.24, 2.45) is 0 Å². The van der Waals surface area contributed by atoms with E-state index in [1.165, 1.54) is 64.2 Å². The van der Waals surface area contributed by atoms with Crippen molar-refractivity contribution in [3.8, 4) is 0 Å². The van der Waals surface area contributed by atoms with Crippen LogP contribution in [-0.4, -0.2) is 50.6 Å². The quantitative estimate of drug-likeness (QED) is 0.0435. The number of rotatable bonds is 37. The Labute approximate surface area is 299 Å². The Morgan fingerprint density at radius 3 is 1.20 bits per heavy atom. The molecule has 290 valence electrons. The fraction of sp³-hybridized carbons (Fsp3) is 0.927. The van der Waals surface area contributed by atoms with E-state index in [1.54, 1.807) is 0 Å². The SMILES string of the molecule is CCCCCCCCCCCCC(F)CCCCCC(CCCCCCCC)(CCCCCCCC)OC(=O)CC(O)(CC(=O)O)C(=O)O. The summed E-state index contributed by atoms with van der Waals surface area (Å²) in [6.07, 6.45) is 28.0. The Balaban J connectivity index is 5.18. The van der Waals surface area contributed by atoms with Crippen LogP contribution < -0.4 is 0 Å². The van der Waals surface area contributed by atoms with Gasteiger partial charge >= 0.3 is 17.9 Å². The van der Waals surface area contributed by atoms with Gasteiger partial charge in [-0.15, -0.1) is 0 Å². The molecule has 0 spiro atoms. The fourth-order valence-corrected chi connectivity index (χ4v) is 6.95. The molecule has 0 aliphatic rings. The number of carboxylic acids is 2. The molecule has 8 heteroatoms. The van der Waals surface area contributed by atoms with Crippen molar-refractivity contribution in [2.45, 2.75) is 244 Å². The summed E-state index contributed by atoms with van der Waals surface area (Å²) in [5.74, 6) is -4.12. The normalized spacial score (nSPS) is 13.7. The highest BCUT2D eigenvalue weighted by Crippen LogP contribution is 2.34. The number of carbonyl (C=O) groups excluding carboxylic acids is 1. The van der Waals surface area contributed by atoms with Crippen molar-refractivity contribution in [3.63, 3.8) is 0 Å². The lowest BCUT2D eigenvalue weighted by atomic mass is 9.84. The maximum atomic E-state index is 14.7. The number of halogens is 1. The molecule has 0 aromatic rings. The predicted octanol–water partition coefficient (Wildman–Crippen LogP) is 12.0. The Hall–Kier alpha value is -1.70. The summed E-state index contributed by atoms with van der Waals surface area (Å²) in [4.78, 5) is 36.3. The second kappa shape index (κ2) is 31.1. The smallest absolute Gasteiger partial charge is 0.336 e. The zero-order valence-corrected chi connectivity index (χ0v) is 32.1. The third kappa shape index (κ3) is 26.7. The maximum Gasteiger partial charge on any atom is 0.336 e. The minimum absolute atomic E-state index is 0.542. The number of ether oxygens (including phenoxy) is 1. The van der Waals surface area contributed by atoms with Crippen molar-refractivity contribution in [1.82, 2.24) is 0 Å². The van der Waals surface area contributed by atoms with Gasteiger partial charge in [-0.25, -0.2) is 9.18 Å². The van der Waals surface area contributed by atoms with Gasteiger partial charge in [-0.2, -0.15) is 0 Å². The van der Waals surface area contributed by atoms with Crippen molar-refractivity contribution in [1.29, 1.82) is 0 Å². The summed E-state index contributed by atoms with van der Waals surface area (Å²) >= 11 is 0. The monoisotopic (exact) mass is 701 g/mol. The largest absolute Gasteiger partial charge is 0.481 e. The highest BCUT2D eigenvalue weighted by Gasteiger charge is 2.43.